The molecule has 2 aromatic rings. The lowest BCUT2D eigenvalue weighted by atomic mass is 10.2. The van der Waals surface area contributed by atoms with E-state index < -0.39 is 28.5 Å². The third-order valence-corrected chi connectivity index (χ3v) is 6.73. The SMILES string of the molecule is COc1ccc(NC(=O)COC(=O)c2cccc(S(=O)(=O)N3CCCC3)c2)cc1Cl. The van der Waals surface area contributed by atoms with Crippen LogP contribution in [0.3, 0.4) is 0 Å². The molecule has 0 aliphatic carbocycles. The first-order chi connectivity index (χ1) is 14.3. The Morgan fingerprint density at radius 3 is 2.53 bits per heavy atom. The second-order valence-electron chi connectivity index (χ2n) is 6.61. The van der Waals surface area contributed by atoms with Crippen molar-refractivity contribution in [3.05, 3.63) is 53.1 Å². The fourth-order valence-corrected chi connectivity index (χ4v) is 4.84. The molecular weight excluding hydrogens is 432 g/mol. The Hall–Kier alpha value is -2.62. The minimum absolute atomic E-state index is 0.0242. The molecule has 1 fully saturated rings. The lowest BCUT2D eigenvalue weighted by molar-refractivity contribution is -0.119. The maximum atomic E-state index is 12.6. The average molecular weight is 453 g/mol. The van der Waals surface area contributed by atoms with Gasteiger partial charge in [0.05, 0.1) is 22.6 Å². The number of carbonyl (C=O) groups excluding carboxylic acids is 2. The van der Waals surface area contributed by atoms with Gasteiger partial charge in [0.25, 0.3) is 5.91 Å². The summed E-state index contributed by atoms with van der Waals surface area (Å²) in [4.78, 5) is 24.4. The predicted octanol–water partition coefficient (Wildman–Crippen LogP) is 2.93. The third-order valence-electron chi connectivity index (χ3n) is 4.54. The van der Waals surface area contributed by atoms with Gasteiger partial charge in [-0.25, -0.2) is 13.2 Å². The van der Waals surface area contributed by atoms with Crippen LogP contribution in [-0.2, 0) is 19.6 Å². The minimum atomic E-state index is -3.65. The van der Waals surface area contributed by atoms with Gasteiger partial charge in [-0.1, -0.05) is 17.7 Å². The van der Waals surface area contributed by atoms with Crippen LogP contribution in [0.2, 0.25) is 5.02 Å². The van der Waals surface area contributed by atoms with Crippen molar-refractivity contribution >= 4 is 39.2 Å². The second kappa shape index (κ2) is 9.46. The number of nitrogens with zero attached hydrogens (tertiary/aromatic N) is 1. The van der Waals surface area contributed by atoms with Gasteiger partial charge in [0, 0.05) is 18.8 Å². The number of sulfonamides is 1. The van der Waals surface area contributed by atoms with Crippen molar-refractivity contribution < 1.29 is 27.5 Å². The number of methoxy groups -OCH3 is 1. The van der Waals surface area contributed by atoms with Crippen molar-refractivity contribution in [3.8, 4) is 5.75 Å². The summed E-state index contributed by atoms with van der Waals surface area (Å²) in [5.74, 6) is -0.897. The van der Waals surface area contributed by atoms with Crippen LogP contribution in [0.1, 0.15) is 23.2 Å². The Kier molecular flexibility index (Phi) is 6.96. The topological polar surface area (TPSA) is 102 Å². The van der Waals surface area contributed by atoms with Crippen LogP contribution in [0, 0.1) is 0 Å². The van der Waals surface area contributed by atoms with Crippen molar-refractivity contribution in [2.45, 2.75) is 17.7 Å². The largest absolute Gasteiger partial charge is 0.495 e. The minimum Gasteiger partial charge on any atom is -0.495 e. The zero-order valence-electron chi connectivity index (χ0n) is 16.3. The highest BCUT2D eigenvalue weighted by molar-refractivity contribution is 7.89. The summed E-state index contributed by atoms with van der Waals surface area (Å²) < 4.78 is 36.7. The van der Waals surface area contributed by atoms with E-state index >= 15 is 0 Å². The van der Waals surface area contributed by atoms with Crippen LogP contribution in [-0.4, -0.2) is 51.4 Å². The number of esters is 1. The van der Waals surface area contributed by atoms with Gasteiger partial charge in [0.1, 0.15) is 5.75 Å². The monoisotopic (exact) mass is 452 g/mol. The maximum Gasteiger partial charge on any atom is 0.338 e. The van der Waals surface area contributed by atoms with Crippen LogP contribution in [0.4, 0.5) is 5.69 Å². The molecule has 1 saturated heterocycles. The van der Waals surface area contributed by atoms with E-state index in [0.717, 1.165) is 12.8 Å². The lowest BCUT2D eigenvalue weighted by Crippen LogP contribution is -2.28. The summed E-state index contributed by atoms with van der Waals surface area (Å²) in [6.45, 7) is 0.394. The van der Waals surface area contributed by atoms with Gasteiger partial charge < -0.3 is 14.8 Å². The van der Waals surface area contributed by atoms with E-state index in [1.807, 2.05) is 0 Å². The molecule has 1 amide bonds. The molecule has 3 rings (SSSR count). The Labute approximate surface area is 179 Å². The molecule has 0 bridgehead atoms. The van der Waals surface area contributed by atoms with E-state index in [0.29, 0.717) is 29.5 Å². The Balaban J connectivity index is 1.61. The van der Waals surface area contributed by atoms with Gasteiger partial charge in [-0.05, 0) is 49.2 Å². The first-order valence-corrected chi connectivity index (χ1v) is 11.0. The molecule has 0 spiro atoms. The first kappa shape index (κ1) is 22.1. The summed E-state index contributed by atoms with van der Waals surface area (Å²) in [6, 6.07) is 10.3. The summed E-state index contributed by atoms with van der Waals surface area (Å²) in [7, 11) is -2.18. The summed E-state index contributed by atoms with van der Waals surface area (Å²) in [6.07, 6.45) is 1.63. The molecule has 160 valence electrons. The highest BCUT2D eigenvalue weighted by atomic mass is 35.5. The van der Waals surface area contributed by atoms with Crippen LogP contribution in [0.5, 0.6) is 5.75 Å². The highest BCUT2D eigenvalue weighted by Gasteiger charge is 2.27. The molecule has 8 nitrogen and oxygen atoms in total. The molecule has 0 aromatic heterocycles. The fourth-order valence-electron chi connectivity index (χ4n) is 3.02. The van der Waals surface area contributed by atoms with Crippen molar-refractivity contribution in [2.24, 2.45) is 0 Å². The number of nitrogens with one attached hydrogen (secondary N) is 1. The molecular formula is C20H21ClN2O6S. The number of anilines is 1. The summed E-state index contributed by atoms with van der Waals surface area (Å²) in [5, 5.41) is 2.88. The normalized spacial score (nSPS) is 14.3. The van der Waals surface area contributed by atoms with Crippen LogP contribution < -0.4 is 10.1 Å². The molecule has 2 aromatic carbocycles. The molecule has 0 atom stereocenters. The number of carbonyl (C=O) groups is 2. The second-order valence-corrected chi connectivity index (χ2v) is 8.96. The van der Waals surface area contributed by atoms with Crippen LogP contribution >= 0.6 is 11.6 Å². The average Bonchev–Trinajstić information content (AvgIpc) is 3.28. The Bertz CT molecular complexity index is 1050. The van der Waals surface area contributed by atoms with Gasteiger partial charge in [-0.15, -0.1) is 0 Å². The summed E-state index contributed by atoms with van der Waals surface area (Å²) in [5.41, 5.74) is 0.469. The van der Waals surface area contributed by atoms with Crippen LogP contribution in [0.25, 0.3) is 0 Å². The lowest BCUT2D eigenvalue weighted by Gasteiger charge is -2.15. The van der Waals surface area contributed by atoms with Crippen molar-refractivity contribution in [1.29, 1.82) is 0 Å². The van der Waals surface area contributed by atoms with Crippen molar-refractivity contribution in [2.75, 3.05) is 32.1 Å². The van der Waals surface area contributed by atoms with Crippen LogP contribution in [0.15, 0.2) is 47.4 Å². The van der Waals surface area contributed by atoms with E-state index in [1.165, 1.54) is 41.7 Å². The first-order valence-electron chi connectivity index (χ1n) is 9.22. The number of amides is 1. The number of halogens is 1. The van der Waals surface area contributed by atoms with E-state index in [1.54, 1.807) is 12.1 Å². The molecule has 0 radical (unpaired) electrons. The quantitative estimate of drug-likeness (QED) is 0.648. The smallest absolute Gasteiger partial charge is 0.338 e. The number of benzene rings is 2. The molecule has 1 N–H and O–H groups in total. The van der Waals surface area contributed by atoms with Gasteiger partial charge in [0.2, 0.25) is 10.0 Å². The number of rotatable bonds is 7. The standard InChI is InChI=1S/C20H21ClN2O6S/c1-28-18-8-7-15(12-17(18)21)22-19(24)13-29-20(25)14-5-4-6-16(11-14)30(26,27)23-9-2-3-10-23/h4-8,11-12H,2-3,9-10,13H2,1H3,(H,22,24). The van der Waals surface area contributed by atoms with Crippen molar-refractivity contribution in [1.82, 2.24) is 4.31 Å². The predicted molar refractivity (Wildman–Crippen MR) is 111 cm³/mol. The molecule has 1 aliphatic heterocycles. The van der Waals surface area contributed by atoms with Gasteiger partial charge in [-0.2, -0.15) is 4.31 Å². The highest BCUT2D eigenvalue weighted by Crippen LogP contribution is 2.27. The van der Waals surface area contributed by atoms with Crippen molar-refractivity contribution in [3.63, 3.8) is 0 Å². The summed E-state index contributed by atoms with van der Waals surface area (Å²) >= 11 is 6.00. The number of hydrogen-bond donors (Lipinski definition) is 1. The number of hydrogen-bond acceptors (Lipinski definition) is 6. The Morgan fingerprint density at radius 1 is 1.13 bits per heavy atom. The third kappa shape index (κ3) is 5.10. The van der Waals surface area contributed by atoms with E-state index in [2.05, 4.69) is 5.32 Å². The van der Waals surface area contributed by atoms with E-state index in [-0.39, 0.29) is 10.5 Å². The van der Waals surface area contributed by atoms with Gasteiger partial charge in [-0.3, -0.25) is 4.79 Å². The molecule has 10 heteroatoms. The Morgan fingerprint density at radius 2 is 1.87 bits per heavy atom. The van der Waals surface area contributed by atoms with E-state index in [9.17, 15) is 18.0 Å². The van der Waals surface area contributed by atoms with Gasteiger partial charge in [0.15, 0.2) is 6.61 Å². The zero-order valence-corrected chi connectivity index (χ0v) is 17.8. The van der Waals surface area contributed by atoms with E-state index in [4.69, 9.17) is 21.1 Å². The van der Waals surface area contributed by atoms with Gasteiger partial charge >= 0.3 is 5.97 Å². The molecule has 0 saturated carbocycles. The zero-order chi connectivity index (χ0) is 21.7. The fraction of sp³-hybridized carbons (Fsp3) is 0.300. The molecule has 0 unspecified atom stereocenters. The molecule has 1 aliphatic rings. The molecule has 1 heterocycles. The molecule has 30 heavy (non-hydrogen) atoms. The maximum absolute atomic E-state index is 12.6. The number of ether oxygens (including phenoxy) is 2.